The minimum absolute atomic E-state index is 0.0673. The summed E-state index contributed by atoms with van der Waals surface area (Å²) in [5.41, 5.74) is 3.50. The summed E-state index contributed by atoms with van der Waals surface area (Å²) in [6.07, 6.45) is 2.53. The van der Waals surface area contributed by atoms with Gasteiger partial charge in [0.05, 0.1) is 11.8 Å². The lowest BCUT2D eigenvalue weighted by molar-refractivity contribution is 0.0714. The van der Waals surface area contributed by atoms with Gasteiger partial charge in [-0.15, -0.1) is 0 Å². The molecule has 2 aliphatic heterocycles. The lowest BCUT2D eigenvalue weighted by atomic mass is 10.1. The Morgan fingerprint density at radius 3 is 2.55 bits per heavy atom. The number of hydrogen-bond donors (Lipinski definition) is 0. The third-order valence-corrected chi connectivity index (χ3v) is 6.59. The van der Waals surface area contributed by atoms with Gasteiger partial charge in [-0.1, -0.05) is 30.3 Å². The Morgan fingerprint density at radius 2 is 1.73 bits per heavy atom. The van der Waals surface area contributed by atoms with Crippen molar-refractivity contribution in [3.8, 4) is 0 Å². The Hall–Kier alpha value is -3.87. The summed E-state index contributed by atoms with van der Waals surface area (Å²) in [5.74, 6) is 1.98. The number of piperazine rings is 1. The summed E-state index contributed by atoms with van der Waals surface area (Å²) in [4.78, 5) is 29.0. The van der Waals surface area contributed by atoms with E-state index in [2.05, 4.69) is 47.1 Å². The first-order valence-electron chi connectivity index (χ1n) is 11.4. The summed E-state index contributed by atoms with van der Waals surface area (Å²) in [6.45, 7) is 4.81. The van der Waals surface area contributed by atoms with Crippen LogP contribution in [0.5, 0.6) is 0 Å². The van der Waals surface area contributed by atoms with E-state index in [-0.39, 0.29) is 5.91 Å². The van der Waals surface area contributed by atoms with Crippen molar-refractivity contribution in [2.45, 2.75) is 19.4 Å². The summed E-state index contributed by atoms with van der Waals surface area (Å²) >= 11 is 0. The monoisotopic (exact) mass is 439 g/mol. The van der Waals surface area contributed by atoms with Crippen molar-refractivity contribution in [3.63, 3.8) is 0 Å². The Bertz CT molecular complexity index is 1310. The Labute approximate surface area is 192 Å². The lowest BCUT2D eigenvalue weighted by Crippen LogP contribution is -2.49. The number of fused-ring (bicyclic) bond motifs is 2. The number of anilines is 3. The van der Waals surface area contributed by atoms with Gasteiger partial charge in [0.15, 0.2) is 5.76 Å². The number of amides is 1. The van der Waals surface area contributed by atoms with E-state index in [1.54, 1.807) is 12.1 Å². The first-order chi connectivity index (χ1) is 16.2. The molecule has 4 heterocycles. The molecule has 2 aliphatic rings. The summed E-state index contributed by atoms with van der Waals surface area (Å²) in [7, 11) is 0. The van der Waals surface area contributed by atoms with E-state index < -0.39 is 0 Å². The molecular weight excluding hydrogens is 414 g/mol. The van der Waals surface area contributed by atoms with Gasteiger partial charge in [-0.2, -0.15) is 4.98 Å². The molecule has 7 nitrogen and oxygen atoms in total. The molecule has 0 spiro atoms. The van der Waals surface area contributed by atoms with Crippen LogP contribution in [0.3, 0.4) is 0 Å². The van der Waals surface area contributed by atoms with Crippen LogP contribution in [0.25, 0.3) is 10.9 Å². The molecule has 1 fully saturated rings. The fourth-order valence-electron chi connectivity index (χ4n) is 4.93. The van der Waals surface area contributed by atoms with Crippen LogP contribution in [0, 0.1) is 0 Å². The fraction of sp³-hybridized carbons (Fsp3) is 0.269. The van der Waals surface area contributed by atoms with E-state index in [1.165, 1.54) is 17.5 Å². The van der Waals surface area contributed by atoms with E-state index in [0.717, 1.165) is 23.1 Å². The highest BCUT2D eigenvalue weighted by atomic mass is 16.3. The summed E-state index contributed by atoms with van der Waals surface area (Å²) < 4.78 is 5.28. The van der Waals surface area contributed by atoms with Crippen LogP contribution in [0.4, 0.5) is 17.5 Å². The summed E-state index contributed by atoms with van der Waals surface area (Å²) in [5, 5.41) is 1.05. The maximum atomic E-state index is 12.6. The van der Waals surface area contributed by atoms with Gasteiger partial charge < -0.3 is 19.1 Å². The number of nitrogens with zero attached hydrogens (tertiary/aromatic N) is 5. The van der Waals surface area contributed by atoms with E-state index in [4.69, 9.17) is 14.4 Å². The number of para-hydroxylation sites is 2. The predicted octanol–water partition coefficient (Wildman–Crippen LogP) is 4.27. The smallest absolute Gasteiger partial charge is 0.289 e. The average molecular weight is 440 g/mol. The minimum atomic E-state index is -0.0673. The standard InChI is InChI=1S/C26H25N5O2/c1-18-17-19-7-2-5-10-22(19)31(18)24-20-8-3-4-9-21(20)27-26(28-24)30-14-12-29(13-15-30)25(32)23-11-6-16-33-23/h2-11,16,18H,12-15,17H2,1H3. The Morgan fingerprint density at radius 1 is 0.939 bits per heavy atom. The molecule has 0 saturated carbocycles. The number of furan rings is 1. The van der Waals surface area contributed by atoms with Gasteiger partial charge in [-0.05, 0) is 49.2 Å². The zero-order valence-electron chi connectivity index (χ0n) is 18.5. The number of rotatable bonds is 3. The van der Waals surface area contributed by atoms with Crippen LogP contribution in [0.1, 0.15) is 23.0 Å². The number of carbonyl (C=O) groups is 1. The van der Waals surface area contributed by atoms with Crippen LogP contribution in [0.2, 0.25) is 0 Å². The maximum Gasteiger partial charge on any atom is 0.289 e. The molecule has 2 aromatic carbocycles. The molecule has 0 aliphatic carbocycles. The van der Waals surface area contributed by atoms with E-state index in [1.807, 2.05) is 23.1 Å². The van der Waals surface area contributed by atoms with Crippen LogP contribution in [-0.2, 0) is 6.42 Å². The van der Waals surface area contributed by atoms with Gasteiger partial charge in [0.1, 0.15) is 5.82 Å². The van der Waals surface area contributed by atoms with Crippen molar-refractivity contribution < 1.29 is 9.21 Å². The maximum absolute atomic E-state index is 12.6. The van der Waals surface area contributed by atoms with Gasteiger partial charge in [0.2, 0.25) is 5.95 Å². The minimum Gasteiger partial charge on any atom is -0.459 e. The van der Waals surface area contributed by atoms with Gasteiger partial charge in [0.25, 0.3) is 5.91 Å². The van der Waals surface area contributed by atoms with Crippen molar-refractivity contribution in [1.29, 1.82) is 0 Å². The second-order valence-electron chi connectivity index (χ2n) is 8.67. The van der Waals surface area contributed by atoms with Crippen molar-refractivity contribution in [2.75, 3.05) is 36.0 Å². The first kappa shape index (κ1) is 19.8. The topological polar surface area (TPSA) is 65.7 Å². The lowest BCUT2D eigenvalue weighted by Gasteiger charge is -2.35. The quantitative estimate of drug-likeness (QED) is 0.475. The van der Waals surface area contributed by atoms with Crippen LogP contribution < -0.4 is 9.80 Å². The van der Waals surface area contributed by atoms with Crippen molar-refractivity contribution in [1.82, 2.24) is 14.9 Å². The third kappa shape index (κ3) is 3.40. The first-order valence-corrected chi connectivity index (χ1v) is 11.4. The van der Waals surface area contributed by atoms with Crippen molar-refractivity contribution in [3.05, 3.63) is 78.3 Å². The molecule has 1 saturated heterocycles. The van der Waals surface area contributed by atoms with Crippen molar-refractivity contribution >= 4 is 34.3 Å². The number of carbonyl (C=O) groups excluding carboxylic acids is 1. The second kappa shape index (κ2) is 7.92. The molecule has 2 aromatic heterocycles. The third-order valence-electron chi connectivity index (χ3n) is 6.59. The fourth-order valence-corrected chi connectivity index (χ4v) is 4.93. The SMILES string of the molecule is CC1Cc2ccccc2N1c1nc(N2CCN(C(=O)c3ccco3)CC2)nc2ccccc12. The molecule has 4 aromatic rings. The zero-order chi connectivity index (χ0) is 22.4. The Kier molecular flexibility index (Phi) is 4.75. The normalized spacial score (nSPS) is 18.1. The predicted molar refractivity (Wildman–Crippen MR) is 128 cm³/mol. The molecule has 0 N–H and O–H groups in total. The van der Waals surface area contributed by atoms with Gasteiger partial charge in [0, 0.05) is 43.3 Å². The van der Waals surface area contributed by atoms with Crippen LogP contribution in [0.15, 0.2) is 71.3 Å². The molecule has 0 radical (unpaired) electrons. The van der Waals surface area contributed by atoms with E-state index >= 15 is 0 Å². The zero-order valence-corrected chi connectivity index (χ0v) is 18.5. The molecule has 7 heteroatoms. The molecule has 6 rings (SSSR count). The largest absolute Gasteiger partial charge is 0.459 e. The summed E-state index contributed by atoms with van der Waals surface area (Å²) in [6, 6.07) is 20.5. The molecular formula is C26H25N5O2. The molecule has 1 unspecified atom stereocenters. The van der Waals surface area contributed by atoms with Crippen LogP contribution in [-0.4, -0.2) is 53.0 Å². The van der Waals surface area contributed by atoms with Crippen LogP contribution >= 0.6 is 0 Å². The molecule has 166 valence electrons. The number of benzene rings is 2. The molecule has 0 bridgehead atoms. The van der Waals surface area contributed by atoms with E-state index in [0.29, 0.717) is 43.9 Å². The second-order valence-corrected chi connectivity index (χ2v) is 8.67. The molecule has 1 atom stereocenters. The highest BCUT2D eigenvalue weighted by Crippen LogP contribution is 2.40. The van der Waals surface area contributed by atoms with Gasteiger partial charge in [-0.3, -0.25) is 4.79 Å². The van der Waals surface area contributed by atoms with Gasteiger partial charge >= 0.3 is 0 Å². The highest BCUT2D eigenvalue weighted by Gasteiger charge is 2.31. The number of hydrogen-bond acceptors (Lipinski definition) is 6. The Balaban J connectivity index is 1.33. The highest BCUT2D eigenvalue weighted by molar-refractivity contribution is 5.94. The van der Waals surface area contributed by atoms with Gasteiger partial charge in [-0.25, -0.2) is 4.98 Å². The average Bonchev–Trinajstić information content (AvgIpc) is 3.50. The van der Waals surface area contributed by atoms with E-state index in [9.17, 15) is 4.79 Å². The molecule has 33 heavy (non-hydrogen) atoms. The molecule has 1 amide bonds. The van der Waals surface area contributed by atoms with Crippen molar-refractivity contribution in [2.24, 2.45) is 0 Å². The number of aromatic nitrogens is 2.